The number of hydrogen-bond acceptors (Lipinski definition) is 1. The van der Waals surface area contributed by atoms with Gasteiger partial charge in [0.25, 0.3) is 0 Å². The zero-order valence-electron chi connectivity index (χ0n) is 8.40. The van der Waals surface area contributed by atoms with Crippen molar-refractivity contribution in [3.8, 4) is 0 Å². The van der Waals surface area contributed by atoms with E-state index in [2.05, 4.69) is 27.7 Å². The maximum Gasteiger partial charge on any atom is 0.149 e. The summed E-state index contributed by atoms with van der Waals surface area (Å²) in [7, 11) is 0.718. The van der Waals surface area contributed by atoms with E-state index in [0.29, 0.717) is 5.92 Å². The summed E-state index contributed by atoms with van der Waals surface area (Å²) in [6, 6.07) is 1.25. The minimum Gasteiger partial charge on any atom is -0.468 e. The Morgan fingerprint density at radius 2 is 2.00 bits per heavy atom. The molecule has 0 aliphatic heterocycles. The van der Waals surface area contributed by atoms with Gasteiger partial charge in [0.1, 0.15) is 20.2 Å². The van der Waals surface area contributed by atoms with Crippen LogP contribution in [0.4, 0.5) is 0 Å². The highest BCUT2D eigenvalue weighted by atomic mass is 28.3. The molecule has 0 atom stereocenters. The molecule has 0 aromatic heterocycles. The average molecular weight is 188 g/mol. The molecule has 11 heavy (non-hydrogen) atoms. The Morgan fingerprint density at radius 1 is 1.45 bits per heavy atom. The molecule has 0 spiro atoms. The minimum atomic E-state index is -0.207. The predicted molar refractivity (Wildman–Crippen MR) is 57.6 cm³/mol. The fraction of sp³-hybridized carbons (Fsp3) is 0.750. The van der Waals surface area contributed by atoms with E-state index in [1.165, 1.54) is 11.6 Å². The fourth-order valence-electron chi connectivity index (χ4n) is 1.33. The van der Waals surface area contributed by atoms with Crippen LogP contribution in [0.2, 0.25) is 6.04 Å². The second kappa shape index (κ2) is 5.74. The maximum absolute atomic E-state index is 5.32. The van der Waals surface area contributed by atoms with Crippen LogP contribution in [0, 0.1) is 5.92 Å². The van der Waals surface area contributed by atoms with Crippen LogP contribution in [0.1, 0.15) is 27.7 Å². The second-order valence-electron chi connectivity index (χ2n) is 3.42. The van der Waals surface area contributed by atoms with E-state index >= 15 is 0 Å². The van der Waals surface area contributed by atoms with Gasteiger partial charge in [-0.3, -0.25) is 0 Å². The second-order valence-corrected chi connectivity index (χ2v) is 6.64. The molecule has 0 saturated heterocycles. The molecular weight excluding hydrogens is 168 g/mol. The molecule has 1 nitrogen and oxygen atoms in total. The van der Waals surface area contributed by atoms with E-state index in [4.69, 9.17) is 4.12 Å². The van der Waals surface area contributed by atoms with Gasteiger partial charge >= 0.3 is 0 Å². The molecule has 0 aromatic carbocycles. The fourth-order valence-corrected chi connectivity index (χ4v) is 3.44. The van der Waals surface area contributed by atoms with Crippen molar-refractivity contribution in [2.75, 3.05) is 0 Å². The largest absolute Gasteiger partial charge is 0.468 e. The molecule has 0 saturated carbocycles. The summed E-state index contributed by atoms with van der Waals surface area (Å²) < 4.78 is 5.32. The molecule has 0 amide bonds. The summed E-state index contributed by atoms with van der Waals surface area (Å²) in [6.07, 6.45) is 0. The molecule has 0 unspecified atom stereocenters. The Kier molecular flexibility index (Phi) is 5.81. The van der Waals surface area contributed by atoms with Crippen LogP contribution in [0.25, 0.3) is 0 Å². The summed E-state index contributed by atoms with van der Waals surface area (Å²) in [5.41, 5.74) is 3.11. The first-order chi connectivity index (χ1) is 5.09. The van der Waals surface area contributed by atoms with Gasteiger partial charge in [0.2, 0.25) is 0 Å². The molecule has 0 aliphatic carbocycles. The monoisotopic (exact) mass is 188 g/mol. The van der Waals surface area contributed by atoms with E-state index in [-0.39, 0.29) is 9.76 Å². The van der Waals surface area contributed by atoms with Gasteiger partial charge in [0, 0.05) is 0 Å². The lowest BCUT2D eigenvalue weighted by molar-refractivity contribution is 0.654. The summed E-state index contributed by atoms with van der Waals surface area (Å²) in [5, 5.41) is 0. The van der Waals surface area contributed by atoms with Gasteiger partial charge in [-0.25, -0.2) is 0 Å². The van der Waals surface area contributed by atoms with Crippen LogP contribution in [-0.2, 0) is 4.12 Å². The zero-order chi connectivity index (χ0) is 8.85. The third-order valence-electron chi connectivity index (χ3n) is 1.91. The lowest BCUT2D eigenvalue weighted by Crippen LogP contribution is -2.03. The topological polar surface area (TPSA) is 9.23 Å². The molecule has 0 N–H and O–H groups in total. The highest BCUT2D eigenvalue weighted by Gasteiger charge is 2.04. The van der Waals surface area contributed by atoms with Gasteiger partial charge < -0.3 is 4.12 Å². The van der Waals surface area contributed by atoms with Crippen molar-refractivity contribution in [1.82, 2.24) is 0 Å². The first-order valence-corrected chi connectivity index (χ1v) is 6.64. The SMILES string of the molecule is CC(C)=C(C[SiH2]O[SiH3])C(C)C. The maximum atomic E-state index is 5.32. The van der Waals surface area contributed by atoms with Gasteiger partial charge in [-0.15, -0.1) is 0 Å². The van der Waals surface area contributed by atoms with Gasteiger partial charge in [0.05, 0.1) is 0 Å². The lowest BCUT2D eigenvalue weighted by Gasteiger charge is -2.12. The Labute approximate surface area is 75.7 Å². The van der Waals surface area contributed by atoms with Crippen molar-refractivity contribution in [3.05, 3.63) is 11.1 Å². The number of hydrogen-bond donors (Lipinski definition) is 0. The van der Waals surface area contributed by atoms with Crippen molar-refractivity contribution in [3.63, 3.8) is 0 Å². The van der Waals surface area contributed by atoms with E-state index in [0.717, 1.165) is 10.5 Å². The molecule has 3 heteroatoms. The first-order valence-electron chi connectivity index (χ1n) is 4.24. The summed E-state index contributed by atoms with van der Waals surface area (Å²) >= 11 is 0. The van der Waals surface area contributed by atoms with Crippen LogP contribution in [0.3, 0.4) is 0 Å². The van der Waals surface area contributed by atoms with E-state index in [1.807, 2.05) is 0 Å². The van der Waals surface area contributed by atoms with Crippen molar-refractivity contribution in [1.29, 1.82) is 0 Å². The first kappa shape index (κ1) is 11.1. The summed E-state index contributed by atoms with van der Waals surface area (Å²) in [5.74, 6) is 0.712. The average Bonchev–Trinajstić information content (AvgIpc) is 1.87. The van der Waals surface area contributed by atoms with Crippen molar-refractivity contribution in [2.24, 2.45) is 5.92 Å². The molecule has 0 fully saturated rings. The Morgan fingerprint density at radius 3 is 2.27 bits per heavy atom. The molecule has 0 aromatic rings. The third-order valence-corrected chi connectivity index (χ3v) is 4.29. The Balaban J connectivity index is 4.03. The van der Waals surface area contributed by atoms with E-state index in [1.54, 1.807) is 5.57 Å². The highest BCUT2D eigenvalue weighted by molar-refractivity contribution is 6.35. The minimum absolute atomic E-state index is 0.207. The van der Waals surface area contributed by atoms with Gasteiger partial charge in [-0.1, -0.05) is 25.0 Å². The molecule has 0 aliphatic rings. The van der Waals surface area contributed by atoms with Gasteiger partial charge in [0.15, 0.2) is 0 Å². The smallest absolute Gasteiger partial charge is 0.149 e. The Hall–Kier alpha value is 0.134. The van der Waals surface area contributed by atoms with Crippen LogP contribution in [0.5, 0.6) is 0 Å². The normalized spacial score (nSPS) is 11.7. The van der Waals surface area contributed by atoms with Crippen LogP contribution >= 0.6 is 0 Å². The molecule has 0 radical (unpaired) electrons. The molecule has 0 rings (SSSR count). The zero-order valence-corrected chi connectivity index (χ0v) is 11.8. The van der Waals surface area contributed by atoms with Crippen LogP contribution in [-0.4, -0.2) is 20.2 Å². The van der Waals surface area contributed by atoms with Crippen molar-refractivity contribution in [2.45, 2.75) is 33.7 Å². The highest BCUT2D eigenvalue weighted by Crippen LogP contribution is 2.18. The summed E-state index contributed by atoms with van der Waals surface area (Å²) in [4.78, 5) is 0. The molecular formula is C8H20OSi2. The standard InChI is InChI=1S/C8H20OSi2/c1-6(2)8(7(3)4)5-11-9-10/h6H,5,11H2,1-4,10H3. The Bertz CT molecular complexity index is 137. The molecule has 66 valence electrons. The van der Waals surface area contributed by atoms with E-state index < -0.39 is 0 Å². The predicted octanol–water partition coefficient (Wildman–Crippen LogP) is 0.778. The third kappa shape index (κ3) is 4.55. The number of allylic oxidation sites excluding steroid dienone is 2. The summed E-state index contributed by atoms with van der Waals surface area (Å²) in [6.45, 7) is 8.95. The van der Waals surface area contributed by atoms with E-state index in [9.17, 15) is 0 Å². The van der Waals surface area contributed by atoms with Gasteiger partial charge in [-0.2, -0.15) is 0 Å². The quantitative estimate of drug-likeness (QED) is 0.468. The van der Waals surface area contributed by atoms with Crippen LogP contribution < -0.4 is 0 Å². The lowest BCUT2D eigenvalue weighted by atomic mass is 10.0. The number of rotatable bonds is 4. The molecule has 0 bridgehead atoms. The molecule has 0 heterocycles. The van der Waals surface area contributed by atoms with Crippen molar-refractivity contribution >= 4 is 20.2 Å². The van der Waals surface area contributed by atoms with Crippen LogP contribution in [0.15, 0.2) is 11.1 Å². The van der Waals surface area contributed by atoms with Crippen molar-refractivity contribution < 1.29 is 4.12 Å². The van der Waals surface area contributed by atoms with Gasteiger partial charge in [-0.05, 0) is 25.8 Å².